The van der Waals surface area contributed by atoms with Crippen LogP contribution in [0, 0.1) is 6.92 Å². The molecule has 0 atom stereocenters. The zero-order valence-corrected chi connectivity index (χ0v) is 10.6. The number of aromatic amines is 1. The van der Waals surface area contributed by atoms with E-state index < -0.39 is 0 Å². The lowest BCUT2D eigenvalue weighted by Crippen LogP contribution is -1.99. The summed E-state index contributed by atoms with van der Waals surface area (Å²) in [5.41, 5.74) is 2.83. The Balaban J connectivity index is 1.96. The normalized spacial score (nSPS) is 11.0. The lowest BCUT2D eigenvalue weighted by atomic mass is 10.3. The third kappa shape index (κ3) is 2.19. The van der Waals surface area contributed by atoms with Gasteiger partial charge in [-0.25, -0.2) is 15.0 Å². The van der Waals surface area contributed by atoms with Gasteiger partial charge in [0.25, 0.3) is 0 Å². The third-order valence-electron chi connectivity index (χ3n) is 2.63. The molecule has 3 aromatic rings. The van der Waals surface area contributed by atoms with Gasteiger partial charge in [-0.05, 0) is 25.1 Å². The summed E-state index contributed by atoms with van der Waals surface area (Å²) in [5, 5.41) is 0.466. The van der Waals surface area contributed by atoms with Crippen molar-refractivity contribution in [1.82, 2.24) is 19.9 Å². The van der Waals surface area contributed by atoms with Crippen LogP contribution < -0.4 is 0 Å². The fourth-order valence-electron chi connectivity index (χ4n) is 1.91. The molecule has 4 nitrogen and oxygen atoms in total. The Hall–Kier alpha value is -1.94. The molecule has 2 aromatic heterocycles. The second kappa shape index (κ2) is 4.38. The summed E-state index contributed by atoms with van der Waals surface area (Å²) in [6.45, 7) is 1.90. The van der Waals surface area contributed by atoms with Gasteiger partial charge in [-0.15, -0.1) is 0 Å². The Labute approximate surface area is 109 Å². The van der Waals surface area contributed by atoms with Crippen LogP contribution in [-0.2, 0) is 6.42 Å². The maximum Gasteiger partial charge on any atom is 0.137 e. The summed E-state index contributed by atoms with van der Waals surface area (Å²) in [4.78, 5) is 16.3. The lowest BCUT2D eigenvalue weighted by Gasteiger charge is -1.99. The van der Waals surface area contributed by atoms with E-state index in [1.54, 1.807) is 6.07 Å². The van der Waals surface area contributed by atoms with E-state index in [0.717, 1.165) is 22.6 Å². The van der Waals surface area contributed by atoms with Crippen molar-refractivity contribution in [3.8, 4) is 0 Å². The topological polar surface area (TPSA) is 54.5 Å². The Morgan fingerprint density at radius 3 is 2.78 bits per heavy atom. The standard InChI is InChI=1S/C13H11ClN4/c1-8-6-11(14)18-12(15-8)7-13-16-9-4-2-3-5-10(9)17-13/h2-6H,7H2,1H3,(H,16,17). The van der Waals surface area contributed by atoms with E-state index in [-0.39, 0.29) is 0 Å². The van der Waals surface area contributed by atoms with E-state index in [4.69, 9.17) is 11.6 Å². The van der Waals surface area contributed by atoms with E-state index in [9.17, 15) is 0 Å². The molecule has 3 rings (SSSR count). The number of aryl methyl sites for hydroxylation is 1. The van der Waals surface area contributed by atoms with Crippen molar-refractivity contribution >= 4 is 22.6 Å². The molecule has 1 aromatic carbocycles. The van der Waals surface area contributed by atoms with Crippen LogP contribution in [0.15, 0.2) is 30.3 Å². The number of para-hydroxylation sites is 2. The van der Waals surface area contributed by atoms with Crippen LogP contribution in [0.1, 0.15) is 17.3 Å². The fourth-order valence-corrected chi connectivity index (χ4v) is 2.16. The summed E-state index contributed by atoms with van der Waals surface area (Å²) in [7, 11) is 0. The van der Waals surface area contributed by atoms with Gasteiger partial charge in [-0.3, -0.25) is 0 Å². The smallest absolute Gasteiger partial charge is 0.137 e. The number of hydrogen-bond acceptors (Lipinski definition) is 3. The van der Waals surface area contributed by atoms with Crippen molar-refractivity contribution in [2.45, 2.75) is 13.3 Å². The van der Waals surface area contributed by atoms with Crippen molar-refractivity contribution < 1.29 is 0 Å². The second-order valence-corrected chi connectivity index (χ2v) is 4.51. The molecule has 0 aliphatic heterocycles. The molecule has 0 spiro atoms. The van der Waals surface area contributed by atoms with Gasteiger partial charge in [-0.2, -0.15) is 0 Å². The number of nitrogens with one attached hydrogen (secondary N) is 1. The van der Waals surface area contributed by atoms with Crippen LogP contribution in [0.2, 0.25) is 5.15 Å². The number of rotatable bonds is 2. The number of benzene rings is 1. The van der Waals surface area contributed by atoms with Gasteiger partial charge in [0.05, 0.1) is 17.5 Å². The first-order valence-electron chi connectivity index (χ1n) is 5.64. The van der Waals surface area contributed by atoms with E-state index in [2.05, 4.69) is 19.9 Å². The minimum atomic E-state index is 0.466. The molecule has 0 fully saturated rings. The van der Waals surface area contributed by atoms with Crippen molar-refractivity contribution in [3.63, 3.8) is 0 Å². The summed E-state index contributed by atoms with van der Waals surface area (Å²) in [6.07, 6.45) is 0.552. The first-order chi connectivity index (χ1) is 8.70. The first-order valence-corrected chi connectivity index (χ1v) is 6.02. The fraction of sp³-hybridized carbons (Fsp3) is 0.154. The molecule has 0 radical (unpaired) electrons. The van der Waals surface area contributed by atoms with Crippen LogP contribution >= 0.6 is 11.6 Å². The van der Waals surface area contributed by atoms with Crippen molar-refractivity contribution in [3.05, 3.63) is 52.8 Å². The molecule has 1 N–H and O–H groups in total. The van der Waals surface area contributed by atoms with Crippen molar-refractivity contribution in [1.29, 1.82) is 0 Å². The minimum absolute atomic E-state index is 0.466. The van der Waals surface area contributed by atoms with Gasteiger partial charge < -0.3 is 4.98 Å². The van der Waals surface area contributed by atoms with E-state index in [1.165, 1.54) is 0 Å². The molecule has 0 aliphatic carbocycles. The predicted molar refractivity (Wildman–Crippen MR) is 70.7 cm³/mol. The maximum absolute atomic E-state index is 5.91. The van der Waals surface area contributed by atoms with Gasteiger partial charge in [0, 0.05) is 5.69 Å². The van der Waals surface area contributed by atoms with E-state index >= 15 is 0 Å². The second-order valence-electron chi connectivity index (χ2n) is 4.13. The van der Waals surface area contributed by atoms with E-state index in [1.807, 2.05) is 31.2 Å². The number of imidazole rings is 1. The highest BCUT2D eigenvalue weighted by molar-refractivity contribution is 6.29. The van der Waals surface area contributed by atoms with Gasteiger partial charge >= 0.3 is 0 Å². The number of H-pyrrole nitrogens is 1. The van der Waals surface area contributed by atoms with Crippen LogP contribution in [0.5, 0.6) is 0 Å². The van der Waals surface area contributed by atoms with Gasteiger partial charge in [0.2, 0.25) is 0 Å². The maximum atomic E-state index is 5.91. The number of aromatic nitrogens is 4. The summed E-state index contributed by atoms with van der Waals surface area (Å²) in [5.74, 6) is 1.52. The Morgan fingerprint density at radius 2 is 2.00 bits per heavy atom. The molecule has 0 amide bonds. The lowest BCUT2D eigenvalue weighted by molar-refractivity contribution is 0.901. The molecule has 5 heteroatoms. The average molecular weight is 259 g/mol. The SMILES string of the molecule is Cc1cc(Cl)nc(Cc2nc3ccccc3[nH]2)n1. The van der Waals surface area contributed by atoms with Crippen LogP contribution in [0.3, 0.4) is 0 Å². The van der Waals surface area contributed by atoms with E-state index in [0.29, 0.717) is 17.4 Å². The summed E-state index contributed by atoms with van der Waals surface area (Å²) in [6, 6.07) is 9.65. The van der Waals surface area contributed by atoms with Gasteiger partial charge in [-0.1, -0.05) is 23.7 Å². The molecular formula is C13H11ClN4. The summed E-state index contributed by atoms with van der Waals surface area (Å²) < 4.78 is 0. The number of nitrogens with zero attached hydrogens (tertiary/aromatic N) is 3. The Morgan fingerprint density at radius 1 is 1.17 bits per heavy atom. The Bertz CT molecular complexity index is 652. The van der Waals surface area contributed by atoms with Crippen LogP contribution in [0.25, 0.3) is 11.0 Å². The van der Waals surface area contributed by atoms with Crippen molar-refractivity contribution in [2.24, 2.45) is 0 Å². The zero-order chi connectivity index (χ0) is 12.5. The van der Waals surface area contributed by atoms with Gasteiger partial charge in [0.1, 0.15) is 16.8 Å². The molecule has 0 unspecified atom stereocenters. The predicted octanol–water partition coefficient (Wildman–Crippen LogP) is 2.91. The number of halogens is 1. The minimum Gasteiger partial charge on any atom is -0.342 e. The highest BCUT2D eigenvalue weighted by atomic mass is 35.5. The van der Waals surface area contributed by atoms with Crippen molar-refractivity contribution in [2.75, 3.05) is 0 Å². The number of fused-ring (bicyclic) bond motifs is 1. The first kappa shape index (κ1) is 11.2. The average Bonchev–Trinajstić information content (AvgIpc) is 2.69. The van der Waals surface area contributed by atoms with Crippen LogP contribution in [-0.4, -0.2) is 19.9 Å². The largest absolute Gasteiger partial charge is 0.342 e. The molecule has 90 valence electrons. The molecule has 0 bridgehead atoms. The Kier molecular flexibility index (Phi) is 2.72. The molecule has 0 aliphatic rings. The highest BCUT2D eigenvalue weighted by Gasteiger charge is 2.06. The quantitative estimate of drug-likeness (QED) is 0.719. The monoisotopic (exact) mass is 258 g/mol. The molecule has 2 heterocycles. The highest BCUT2D eigenvalue weighted by Crippen LogP contribution is 2.13. The zero-order valence-electron chi connectivity index (χ0n) is 9.81. The molecule has 0 saturated heterocycles. The van der Waals surface area contributed by atoms with Gasteiger partial charge in [0.15, 0.2) is 0 Å². The van der Waals surface area contributed by atoms with Crippen LogP contribution in [0.4, 0.5) is 0 Å². The third-order valence-corrected chi connectivity index (χ3v) is 2.83. The summed E-state index contributed by atoms with van der Waals surface area (Å²) >= 11 is 5.91. The molecule has 0 saturated carbocycles. The number of hydrogen-bond donors (Lipinski definition) is 1. The molecule has 18 heavy (non-hydrogen) atoms. The molecular weight excluding hydrogens is 248 g/mol.